The highest BCUT2D eigenvalue weighted by molar-refractivity contribution is 5.51. The molecule has 4 aromatic carbocycles. The molecule has 0 radical (unpaired) electrons. The number of aromatic hydroxyl groups is 1. The Morgan fingerprint density at radius 1 is 0.442 bits per heavy atom. The van der Waals surface area contributed by atoms with E-state index in [0.29, 0.717) is 5.75 Å². The number of hydrogen-bond donors (Lipinski definition) is 1. The lowest BCUT2D eigenvalue weighted by molar-refractivity contribution is 0.439. The summed E-state index contributed by atoms with van der Waals surface area (Å²) in [5.74, 6) is 0.415. The molecule has 0 bridgehead atoms. The van der Waals surface area contributed by atoms with E-state index in [1.807, 2.05) is 6.07 Å². The Hall–Kier alpha value is -3.32. The van der Waals surface area contributed by atoms with E-state index < -0.39 is 0 Å². The first-order valence-electron chi connectivity index (χ1n) is 16.0. The molecule has 1 heteroatoms. The summed E-state index contributed by atoms with van der Waals surface area (Å²) in [5, 5.41) is 11.6. The van der Waals surface area contributed by atoms with Crippen LogP contribution in [0.4, 0.5) is 0 Å². The first-order valence-corrected chi connectivity index (χ1v) is 16.0. The third-order valence-corrected chi connectivity index (χ3v) is 10.4. The molecule has 0 aliphatic carbocycles. The number of hydrogen-bond acceptors (Lipinski definition) is 1. The van der Waals surface area contributed by atoms with Crippen LogP contribution >= 0.6 is 0 Å². The average molecular weight is 575 g/mol. The fourth-order valence-electron chi connectivity index (χ4n) is 7.41. The van der Waals surface area contributed by atoms with Crippen molar-refractivity contribution in [3.8, 4) is 5.75 Å². The van der Waals surface area contributed by atoms with E-state index in [2.05, 4.69) is 144 Å². The van der Waals surface area contributed by atoms with Crippen molar-refractivity contribution in [1.82, 2.24) is 0 Å². The highest BCUT2D eigenvalue weighted by Crippen LogP contribution is 2.42. The molecule has 0 amide bonds. The van der Waals surface area contributed by atoms with Crippen LogP contribution in [0.2, 0.25) is 0 Å². The summed E-state index contributed by atoms with van der Waals surface area (Å²) in [4.78, 5) is 0. The third-order valence-electron chi connectivity index (χ3n) is 10.4. The number of phenols is 1. The maximum absolute atomic E-state index is 11.6. The second kappa shape index (κ2) is 12.0. The van der Waals surface area contributed by atoms with Crippen LogP contribution < -0.4 is 0 Å². The van der Waals surface area contributed by atoms with E-state index in [9.17, 15) is 5.11 Å². The highest BCUT2D eigenvalue weighted by Gasteiger charge is 2.33. The molecule has 0 atom stereocenters. The van der Waals surface area contributed by atoms with Crippen molar-refractivity contribution in [2.24, 2.45) is 0 Å². The predicted octanol–water partition coefficient (Wildman–Crippen LogP) is 10.8. The van der Waals surface area contributed by atoms with Gasteiger partial charge in [0.15, 0.2) is 0 Å². The standard InChI is InChI=1S/C42H54O/c1-27-16-13-19-36(30(27)4)40(7,8)24-33-22-23-39(43)35(26-42(11,12)38-21-15-18-29(3)32(38)6)34(33)25-41(9,10)37-20-14-17-28(2)31(37)5/h13-23,43H,24-26H2,1-12H3. The first kappa shape index (κ1) is 32.6. The molecule has 0 saturated heterocycles. The van der Waals surface area contributed by atoms with E-state index >= 15 is 0 Å². The van der Waals surface area contributed by atoms with Gasteiger partial charge in [0.1, 0.15) is 5.75 Å². The molecule has 43 heavy (non-hydrogen) atoms. The molecule has 0 saturated carbocycles. The summed E-state index contributed by atoms with van der Waals surface area (Å²) in [6.45, 7) is 27.5. The summed E-state index contributed by atoms with van der Waals surface area (Å²) in [7, 11) is 0. The van der Waals surface area contributed by atoms with Crippen molar-refractivity contribution >= 4 is 0 Å². The van der Waals surface area contributed by atoms with Gasteiger partial charge in [0.05, 0.1) is 0 Å². The van der Waals surface area contributed by atoms with Crippen molar-refractivity contribution in [2.75, 3.05) is 0 Å². The normalized spacial score (nSPS) is 12.6. The van der Waals surface area contributed by atoms with Gasteiger partial charge < -0.3 is 5.11 Å². The summed E-state index contributed by atoms with van der Waals surface area (Å²) in [6.07, 6.45) is 2.55. The summed E-state index contributed by atoms with van der Waals surface area (Å²) >= 11 is 0. The van der Waals surface area contributed by atoms with Crippen molar-refractivity contribution in [3.63, 3.8) is 0 Å². The lowest BCUT2D eigenvalue weighted by atomic mass is 9.69. The fraction of sp³-hybridized carbons (Fsp3) is 0.429. The monoisotopic (exact) mass is 574 g/mol. The molecule has 1 nitrogen and oxygen atoms in total. The maximum Gasteiger partial charge on any atom is 0.119 e. The van der Waals surface area contributed by atoms with Crippen LogP contribution in [-0.4, -0.2) is 5.11 Å². The Morgan fingerprint density at radius 2 is 0.791 bits per heavy atom. The highest BCUT2D eigenvalue weighted by atomic mass is 16.3. The van der Waals surface area contributed by atoms with E-state index in [1.165, 1.54) is 61.2 Å². The van der Waals surface area contributed by atoms with E-state index in [4.69, 9.17) is 0 Å². The molecule has 0 heterocycles. The molecular formula is C42H54O. The van der Waals surface area contributed by atoms with Gasteiger partial charge in [-0.3, -0.25) is 0 Å². The van der Waals surface area contributed by atoms with Crippen LogP contribution in [0.25, 0.3) is 0 Å². The molecule has 4 aromatic rings. The van der Waals surface area contributed by atoms with Crippen LogP contribution in [0.5, 0.6) is 5.75 Å². The van der Waals surface area contributed by atoms with Gasteiger partial charge in [-0.2, -0.15) is 0 Å². The van der Waals surface area contributed by atoms with Gasteiger partial charge in [0.25, 0.3) is 0 Å². The molecule has 0 unspecified atom stereocenters. The van der Waals surface area contributed by atoms with E-state index in [0.717, 1.165) is 24.8 Å². The molecule has 228 valence electrons. The molecule has 0 aromatic heterocycles. The summed E-state index contributed by atoms with van der Waals surface area (Å²) in [5.41, 5.74) is 15.6. The van der Waals surface area contributed by atoms with Gasteiger partial charge in [0.2, 0.25) is 0 Å². The molecule has 0 spiro atoms. The van der Waals surface area contributed by atoms with Crippen LogP contribution in [0.1, 0.15) is 108 Å². The zero-order chi connectivity index (χ0) is 31.9. The first-order chi connectivity index (χ1) is 20.0. The quantitative estimate of drug-likeness (QED) is 0.211. The van der Waals surface area contributed by atoms with Crippen LogP contribution in [0.15, 0.2) is 66.7 Å². The lowest BCUT2D eigenvalue weighted by Crippen LogP contribution is -2.28. The smallest absolute Gasteiger partial charge is 0.119 e. The molecule has 0 aliphatic rings. The Kier molecular flexibility index (Phi) is 9.09. The third kappa shape index (κ3) is 6.62. The Labute approximate surface area is 262 Å². The summed E-state index contributed by atoms with van der Waals surface area (Å²) < 4.78 is 0. The van der Waals surface area contributed by atoms with Crippen molar-refractivity contribution in [2.45, 2.75) is 119 Å². The minimum atomic E-state index is -0.146. The van der Waals surface area contributed by atoms with Crippen LogP contribution in [-0.2, 0) is 35.5 Å². The number of phenolic OH excluding ortho intramolecular Hbond substituents is 1. The van der Waals surface area contributed by atoms with Crippen molar-refractivity contribution < 1.29 is 5.11 Å². The van der Waals surface area contributed by atoms with Crippen LogP contribution in [0.3, 0.4) is 0 Å². The summed E-state index contributed by atoms with van der Waals surface area (Å²) in [6, 6.07) is 24.2. The van der Waals surface area contributed by atoms with E-state index in [1.54, 1.807) is 0 Å². The lowest BCUT2D eigenvalue weighted by Gasteiger charge is -2.35. The van der Waals surface area contributed by atoms with Gasteiger partial charge in [-0.1, -0.05) is 102 Å². The minimum absolute atomic E-state index is 0.0643. The Morgan fingerprint density at radius 3 is 1.19 bits per heavy atom. The largest absolute Gasteiger partial charge is 0.508 e. The Bertz CT molecular complexity index is 1630. The van der Waals surface area contributed by atoms with Gasteiger partial charge in [0, 0.05) is 0 Å². The van der Waals surface area contributed by atoms with Gasteiger partial charge in [-0.05, 0) is 150 Å². The second-order valence-electron chi connectivity index (χ2n) is 15.1. The van der Waals surface area contributed by atoms with E-state index in [-0.39, 0.29) is 16.2 Å². The molecule has 4 rings (SSSR count). The topological polar surface area (TPSA) is 20.2 Å². The Balaban J connectivity index is 1.90. The zero-order valence-electron chi connectivity index (χ0n) is 28.9. The number of aryl methyl sites for hydroxylation is 3. The molecule has 0 fully saturated rings. The van der Waals surface area contributed by atoms with Gasteiger partial charge in [-0.25, -0.2) is 0 Å². The predicted molar refractivity (Wildman–Crippen MR) is 186 cm³/mol. The van der Waals surface area contributed by atoms with Gasteiger partial charge in [-0.15, -0.1) is 0 Å². The molecule has 1 N–H and O–H groups in total. The average Bonchev–Trinajstić information content (AvgIpc) is 2.92. The molecular weight excluding hydrogens is 520 g/mol. The number of rotatable bonds is 9. The van der Waals surface area contributed by atoms with Crippen molar-refractivity contribution in [1.29, 1.82) is 0 Å². The van der Waals surface area contributed by atoms with Crippen molar-refractivity contribution in [3.05, 3.63) is 133 Å². The molecule has 0 aliphatic heterocycles. The fourth-order valence-corrected chi connectivity index (χ4v) is 7.41. The maximum atomic E-state index is 11.6. The zero-order valence-corrected chi connectivity index (χ0v) is 28.9. The SMILES string of the molecule is Cc1cccc(C(C)(C)Cc2ccc(O)c(CC(C)(C)c3cccc(C)c3C)c2CC(C)(C)c2cccc(C)c2C)c1C. The van der Waals surface area contributed by atoms with Gasteiger partial charge >= 0.3 is 0 Å². The minimum Gasteiger partial charge on any atom is -0.508 e. The number of benzene rings is 4. The second-order valence-corrected chi connectivity index (χ2v) is 15.1. The van der Waals surface area contributed by atoms with Crippen LogP contribution in [0, 0.1) is 41.5 Å².